The number of amides is 1. The summed E-state index contributed by atoms with van der Waals surface area (Å²) in [5, 5.41) is 8.57. The lowest BCUT2D eigenvalue weighted by atomic mass is 10.2. The van der Waals surface area contributed by atoms with Crippen molar-refractivity contribution < 1.29 is 9.90 Å². The van der Waals surface area contributed by atoms with Gasteiger partial charge < -0.3 is 10.0 Å². The molecule has 0 spiro atoms. The molecule has 1 amide bonds. The van der Waals surface area contributed by atoms with E-state index in [0.29, 0.717) is 6.54 Å². The van der Waals surface area contributed by atoms with Crippen molar-refractivity contribution >= 4 is 6.41 Å². The fourth-order valence-corrected chi connectivity index (χ4v) is 1.09. The minimum Gasteiger partial charge on any atom is -0.395 e. The second-order valence-electron chi connectivity index (χ2n) is 2.93. The maximum Gasteiger partial charge on any atom is 0.209 e. The van der Waals surface area contributed by atoms with Gasteiger partial charge in [-0.15, -0.1) is 0 Å². The maximum atomic E-state index is 10.4. The summed E-state index contributed by atoms with van der Waals surface area (Å²) in [6.45, 7) is 3.47. The van der Waals surface area contributed by atoms with Crippen LogP contribution < -0.4 is 0 Å². The molecule has 0 rings (SSSR count). The van der Waals surface area contributed by atoms with Gasteiger partial charge in [0.1, 0.15) is 0 Å². The van der Waals surface area contributed by atoms with Gasteiger partial charge in [0, 0.05) is 13.1 Å². The molecule has 0 saturated carbocycles. The third-order valence-electron chi connectivity index (χ3n) is 1.84. The van der Waals surface area contributed by atoms with E-state index in [1.165, 1.54) is 19.3 Å². The Morgan fingerprint density at radius 2 is 2.00 bits per heavy atom. The summed E-state index contributed by atoms with van der Waals surface area (Å²) in [4.78, 5) is 12.0. The minimum atomic E-state index is 0.0620. The third-order valence-corrected chi connectivity index (χ3v) is 1.84. The third kappa shape index (κ3) is 6.16. The van der Waals surface area contributed by atoms with E-state index < -0.39 is 0 Å². The van der Waals surface area contributed by atoms with E-state index in [2.05, 4.69) is 6.92 Å². The molecule has 0 aliphatic rings. The van der Waals surface area contributed by atoms with Gasteiger partial charge >= 0.3 is 0 Å². The Balaban J connectivity index is 3.25. The van der Waals surface area contributed by atoms with Crippen molar-refractivity contribution in [2.45, 2.75) is 32.6 Å². The van der Waals surface area contributed by atoms with Crippen LogP contribution >= 0.6 is 0 Å². The molecule has 12 heavy (non-hydrogen) atoms. The highest BCUT2D eigenvalue weighted by Gasteiger charge is 1.98. The van der Waals surface area contributed by atoms with Crippen LogP contribution in [0.4, 0.5) is 0 Å². The van der Waals surface area contributed by atoms with Crippen molar-refractivity contribution in [1.29, 1.82) is 0 Å². The molecule has 0 atom stereocenters. The first-order valence-electron chi connectivity index (χ1n) is 4.65. The first-order chi connectivity index (χ1) is 5.85. The number of hydrogen-bond donors (Lipinski definition) is 1. The van der Waals surface area contributed by atoms with Crippen molar-refractivity contribution in [2.75, 3.05) is 19.7 Å². The van der Waals surface area contributed by atoms with Gasteiger partial charge in [-0.3, -0.25) is 4.79 Å². The predicted molar refractivity (Wildman–Crippen MR) is 48.9 cm³/mol. The molecule has 0 saturated heterocycles. The Labute approximate surface area is 74.4 Å². The Kier molecular flexibility index (Phi) is 8.12. The summed E-state index contributed by atoms with van der Waals surface area (Å²) in [6, 6.07) is 0. The SMILES string of the molecule is CCCCCCN(C=O)CCO. The Bertz CT molecular complexity index is 107. The average Bonchev–Trinajstić information content (AvgIpc) is 2.10. The van der Waals surface area contributed by atoms with E-state index in [9.17, 15) is 4.79 Å². The van der Waals surface area contributed by atoms with Gasteiger partial charge in [0.25, 0.3) is 0 Å². The second kappa shape index (κ2) is 8.53. The van der Waals surface area contributed by atoms with Crippen LogP contribution in [-0.4, -0.2) is 36.1 Å². The number of aliphatic hydroxyl groups excluding tert-OH is 1. The smallest absolute Gasteiger partial charge is 0.209 e. The number of rotatable bonds is 8. The van der Waals surface area contributed by atoms with Crippen LogP contribution in [0.5, 0.6) is 0 Å². The molecule has 1 N–H and O–H groups in total. The monoisotopic (exact) mass is 173 g/mol. The summed E-state index contributed by atoms with van der Waals surface area (Å²) in [7, 11) is 0. The number of unbranched alkanes of at least 4 members (excludes halogenated alkanes) is 3. The normalized spacial score (nSPS) is 9.83. The Morgan fingerprint density at radius 3 is 2.50 bits per heavy atom. The fraction of sp³-hybridized carbons (Fsp3) is 0.889. The maximum absolute atomic E-state index is 10.4. The molecule has 72 valence electrons. The standard InChI is InChI=1S/C9H19NO2/c1-2-3-4-5-6-10(9-12)7-8-11/h9,11H,2-8H2,1H3. The van der Waals surface area contributed by atoms with Crippen molar-refractivity contribution in [3.8, 4) is 0 Å². The highest BCUT2D eigenvalue weighted by molar-refractivity contribution is 5.46. The summed E-state index contributed by atoms with van der Waals surface area (Å²) < 4.78 is 0. The second-order valence-corrected chi connectivity index (χ2v) is 2.93. The molecular weight excluding hydrogens is 154 g/mol. The molecule has 0 radical (unpaired) electrons. The van der Waals surface area contributed by atoms with Gasteiger partial charge in [0.15, 0.2) is 0 Å². The molecule has 0 fully saturated rings. The fourth-order valence-electron chi connectivity index (χ4n) is 1.09. The van der Waals surface area contributed by atoms with E-state index in [-0.39, 0.29) is 6.61 Å². The van der Waals surface area contributed by atoms with Crippen LogP contribution in [0.15, 0.2) is 0 Å². The summed E-state index contributed by atoms with van der Waals surface area (Å²) >= 11 is 0. The number of hydrogen-bond acceptors (Lipinski definition) is 2. The predicted octanol–water partition coefficient (Wildman–Crippen LogP) is 1.02. The largest absolute Gasteiger partial charge is 0.395 e. The first-order valence-corrected chi connectivity index (χ1v) is 4.65. The Morgan fingerprint density at radius 1 is 1.25 bits per heavy atom. The quantitative estimate of drug-likeness (QED) is 0.440. The van der Waals surface area contributed by atoms with Gasteiger partial charge in [-0.1, -0.05) is 26.2 Å². The molecule has 0 heterocycles. The van der Waals surface area contributed by atoms with Crippen LogP contribution in [0.2, 0.25) is 0 Å². The van der Waals surface area contributed by atoms with E-state index in [1.807, 2.05) is 0 Å². The zero-order valence-electron chi connectivity index (χ0n) is 7.83. The molecular formula is C9H19NO2. The molecule has 0 aromatic carbocycles. The van der Waals surface area contributed by atoms with Crippen LogP contribution in [0, 0.1) is 0 Å². The summed E-state index contributed by atoms with van der Waals surface area (Å²) in [6.07, 6.45) is 5.47. The van der Waals surface area contributed by atoms with Crippen LogP contribution in [0.25, 0.3) is 0 Å². The van der Waals surface area contributed by atoms with E-state index >= 15 is 0 Å². The van der Waals surface area contributed by atoms with Crippen molar-refractivity contribution in [3.05, 3.63) is 0 Å². The van der Waals surface area contributed by atoms with Gasteiger partial charge in [-0.05, 0) is 6.42 Å². The van der Waals surface area contributed by atoms with Gasteiger partial charge in [0.2, 0.25) is 6.41 Å². The molecule has 0 aromatic rings. The highest BCUT2D eigenvalue weighted by atomic mass is 16.3. The minimum absolute atomic E-state index is 0.0620. The zero-order chi connectivity index (χ0) is 9.23. The zero-order valence-corrected chi connectivity index (χ0v) is 7.83. The van der Waals surface area contributed by atoms with E-state index in [4.69, 9.17) is 5.11 Å². The lowest BCUT2D eigenvalue weighted by Crippen LogP contribution is -2.26. The lowest BCUT2D eigenvalue weighted by Gasteiger charge is -2.14. The molecule has 0 aliphatic heterocycles. The molecule has 0 aromatic heterocycles. The van der Waals surface area contributed by atoms with E-state index in [0.717, 1.165) is 19.4 Å². The van der Waals surface area contributed by atoms with Crippen LogP contribution in [-0.2, 0) is 4.79 Å². The molecule has 0 unspecified atom stereocenters. The first kappa shape index (κ1) is 11.4. The molecule has 3 nitrogen and oxygen atoms in total. The Hall–Kier alpha value is -0.570. The lowest BCUT2D eigenvalue weighted by molar-refractivity contribution is -0.118. The molecule has 0 aliphatic carbocycles. The topological polar surface area (TPSA) is 40.5 Å². The number of carbonyl (C=O) groups is 1. The van der Waals surface area contributed by atoms with Crippen LogP contribution in [0.3, 0.4) is 0 Å². The van der Waals surface area contributed by atoms with Gasteiger partial charge in [-0.2, -0.15) is 0 Å². The van der Waals surface area contributed by atoms with E-state index in [1.54, 1.807) is 4.90 Å². The highest BCUT2D eigenvalue weighted by Crippen LogP contribution is 1.99. The van der Waals surface area contributed by atoms with Crippen molar-refractivity contribution in [3.63, 3.8) is 0 Å². The number of carbonyl (C=O) groups excluding carboxylic acids is 1. The average molecular weight is 173 g/mol. The van der Waals surface area contributed by atoms with Crippen molar-refractivity contribution in [1.82, 2.24) is 4.90 Å². The summed E-state index contributed by atoms with van der Waals surface area (Å²) in [5.74, 6) is 0. The number of nitrogens with zero attached hydrogens (tertiary/aromatic N) is 1. The van der Waals surface area contributed by atoms with Crippen molar-refractivity contribution in [2.24, 2.45) is 0 Å². The molecule has 0 bridgehead atoms. The van der Waals surface area contributed by atoms with Gasteiger partial charge in [0.05, 0.1) is 6.61 Å². The number of aliphatic hydroxyl groups is 1. The van der Waals surface area contributed by atoms with Crippen LogP contribution in [0.1, 0.15) is 32.6 Å². The molecule has 3 heteroatoms. The van der Waals surface area contributed by atoms with Gasteiger partial charge in [-0.25, -0.2) is 0 Å². The summed E-state index contributed by atoms with van der Waals surface area (Å²) in [5.41, 5.74) is 0.